The van der Waals surface area contributed by atoms with E-state index in [-0.39, 0.29) is 6.10 Å². The van der Waals surface area contributed by atoms with E-state index < -0.39 is 0 Å². The lowest BCUT2D eigenvalue weighted by Crippen LogP contribution is -2.28. The Morgan fingerprint density at radius 2 is 2.00 bits per heavy atom. The number of benzene rings is 1. The van der Waals surface area contributed by atoms with Crippen molar-refractivity contribution in [3.05, 3.63) is 35.4 Å². The highest BCUT2D eigenvalue weighted by Gasteiger charge is 2.25. The second-order valence-corrected chi connectivity index (χ2v) is 5.97. The lowest BCUT2D eigenvalue weighted by Gasteiger charge is -2.30. The van der Waals surface area contributed by atoms with Crippen LogP contribution in [-0.2, 0) is 12.8 Å². The van der Waals surface area contributed by atoms with Crippen LogP contribution in [0.3, 0.4) is 0 Å². The van der Waals surface area contributed by atoms with Gasteiger partial charge in [0.2, 0.25) is 0 Å². The van der Waals surface area contributed by atoms with Crippen molar-refractivity contribution in [1.29, 1.82) is 0 Å². The molecule has 0 fully saturated rings. The monoisotopic (exact) mass is 246 g/mol. The number of aliphatic hydroxyl groups excluding tert-OH is 1. The SMILES string of the molecule is CCCC(C)CC(O)C1CCc2ccccc2C1. The number of hydrogen-bond acceptors (Lipinski definition) is 1. The average molecular weight is 246 g/mol. The van der Waals surface area contributed by atoms with Crippen molar-refractivity contribution in [2.45, 2.75) is 58.5 Å². The third-order valence-corrected chi connectivity index (χ3v) is 4.35. The quantitative estimate of drug-likeness (QED) is 0.833. The van der Waals surface area contributed by atoms with Crippen LogP contribution >= 0.6 is 0 Å². The van der Waals surface area contributed by atoms with Crippen LogP contribution in [-0.4, -0.2) is 11.2 Å². The topological polar surface area (TPSA) is 20.2 Å². The Hall–Kier alpha value is -0.820. The molecule has 0 spiro atoms. The summed E-state index contributed by atoms with van der Waals surface area (Å²) >= 11 is 0. The standard InChI is InChI=1S/C17H26O/c1-3-6-13(2)11-17(18)16-10-9-14-7-4-5-8-15(14)12-16/h4-5,7-8,13,16-18H,3,6,9-12H2,1-2H3. The summed E-state index contributed by atoms with van der Waals surface area (Å²) in [4.78, 5) is 0. The highest BCUT2D eigenvalue weighted by atomic mass is 16.3. The zero-order chi connectivity index (χ0) is 13.0. The van der Waals surface area contributed by atoms with Gasteiger partial charge in [-0.3, -0.25) is 0 Å². The maximum Gasteiger partial charge on any atom is 0.0574 e. The van der Waals surface area contributed by atoms with Gasteiger partial charge in [0, 0.05) is 0 Å². The maximum absolute atomic E-state index is 10.4. The van der Waals surface area contributed by atoms with Crippen LogP contribution in [0, 0.1) is 11.8 Å². The summed E-state index contributed by atoms with van der Waals surface area (Å²) in [6.07, 6.45) is 6.68. The predicted molar refractivity (Wildman–Crippen MR) is 76.7 cm³/mol. The summed E-state index contributed by atoms with van der Waals surface area (Å²) in [7, 11) is 0. The van der Waals surface area contributed by atoms with Crippen LogP contribution in [0.1, 0.15) is 50.7 Å². The summed E-state index contributed by atoms with van der Waals surface area (Å²) in [5.74, 6) is 1.13. The van der Waals surface area contributed by atoms with Crippen molar-refractivity contribution in [2.24, 2.45) is 11.8 Å². The molecule has 18 heavy (non-hydrogen) atoms. The van der Waals surface area contributed by atoms with E-state index >= 15 is 0 Å². The molecule has 0 saturated carbocycles. The van der Waals surface area contributed by atoms with Gasteiger partial charge in [-0.2, -0.15) is 0 Å². The Morgan fingerprint density at radius 1 is 1.28 bits per heavy atom. The smallest absolute Gasteiger partial charge is 0.0574 e. The molecule has 1 nitrogen and oxygen atoms in total. The van der Waals surface area contributed by atoms with E-state index in [0.29, 0.717) is 11.8 Å². The molecule has 1 aliphatic rings. The Labute approximate surface area is 111 Å². The zero-order valence-corrected chi connectivity index (χ0v) is 11.7. The van der Waals surface area contributed by atoms with E-state index in [0.717, 1.165) is 25.7 Å². The molecular weight excluding hydrogens is 220 g/mol. The van der Waals surface area contributed by atoms with E-state index in [1.54, 1.807) is 0 Å². The fourth-order valence-corrected chi connectivity index (χ4v) is 3.27. The van der Waals surface area contributed by atoms with Crippen molar-refractivity contribution >= 4 is 0 Å². The minimum absolute atomic E-state index is 0.111. The molecule has 100 valence electrons. The molecule has 0 amide bonds. The van der Waals surface area contributed by atoms with Crippen LogP contribution in [0.4, 0.5) is 0 Å². The molecule has 1 aromatic rings. The molecule has 0 heterocycles. The minimum atomic E-state index is -0.111. The highest BCUT2D eigenvalue weighted by molar-refractivity contribution is 5.29. The second-order valence-electron chi connectivity index (χ2n) is 5.97. The molecule has 0 aromatic heterocycles. The fourth-order valence-electron chi connectivity index (χ4n) is 3.27. The second kappa shape index (κ2) is 6.38. The maximum atomic E-state index is 10.4. The first-order valence-electron chi connectivity index (χ1n) is 7.45. The van der Waals surface area contributed by atoms with Crippen LogP contribution in [0.15, 0.2) is 24.3 Å². The van der Waals surface area contributed by atoms with Gasteiger partial charge in [-0.05, 0) is 48.6 Å². The van der Waals surface area contributed by atoms with Crippen molar-refractivity contribution in [3.8, 4) is 0 Å². The molecule has 3 unspecified atom stereocenters. The number of rotatable bonds is 5. The largest absolute Gasteiger partial charge is 0.393 e. The van der Waals surface area contributed by atoms with Crippen molar-refractivity contribution in [2.75, 3.05) is 0 Å². The van der Waals surface area contributed by atoms with Gasteiger partial charge in [0.1, 0.15) is 0 Å². The number of aryl methyl sites for hydroxylation is 1. The first-order valence-corrected chi connectivity index (χ1v) is 7.45. The van der Waals surface area contributed by atoms with Gasteiger partial charge in [0.15, 0.2) is 0 Å². The summed E-state index contributed by atoms with van der Waals surface area (Å²) in [6, 6.07) is 8.70. The number of fused-ring (bicyclic) bond motifs is 1. The van der Waals surface area contributed by atoms with E-state index in [1.807, 2.05) is 0 Å². The van der Waals surface area contributed by atoms with Gasteiger partial charge < -0.3 is 5.11 Å². The summed E-state index contributed by atoms with van der Waals surface area (Å²) in [5.41, 5.74) is 2.94. The van der Waals surface area contributed by atoms with E-state index in [1.165, 1.54) is 24.0 Å². The summed E-state index contributed by atoms with van der Waals surface area (Å²) < 4.78 is 0. The van der Waals surface area contributed by atoms with Crippen LogP contribution < -0.4 is 0 Å². The van der Waals surface area contributed by atoms with Gasteiger partial charge in [-0.25, -0.2) is 0 Å². The lowest BCUT2D eigenvalue weighted by atomic mass is 9.78. The normalized spacial score (nSPS) is 22.3. The van der Waals surface area contributed by atoms with Crippen molar-refractivity contribution < 1.29 is 5.11 Å². The number of hydrogen-bond donors (Lipinski definition) is 1. The van der Waals surface area contributed by atoms with Crippen LogP contribution in [0.25, 0.3) is 0 Å². The zero-order valence-electron chi connectivity index (χ0n) is 11.7. The number of aliphatic hydroxyl groups is 1. The molecule has 3 atom stereocenters. The first kappa shape index (κ1) is 13.6. The molecule has 0 bridgehead atoms. The van der Waals surface area contributed by atoms with Crippen molar-refractivity contribution in [1.82, 2.24) is 0 Å². The van der Waals surface area contributed by atoms with E-state index in [9.17, 15) is 5.11 Å². The Bertz CT molecular complexity index is 372. The summed E-state index contributed by atoms with van der Waals surface area (Å²) in [6.45, 7) is 4.49. The molecular formula is C17H26O. The lowest BCUT2D eigenvalue weighted by molar-refractivity contribution is 0.0753. The molecule has 2 rings (SSSR count). The third kappa shape index (κ3) is 3.35. The average Bonchev–Trinajstić information content (AvgIpc) is 2.38. The van der Waals surface area contributed by atoms with Crippen LogP contribution in [0.5, 0.6) is 0 Å². The van der Waals surface area contributed by atoms with Gasteiger partial charge in [-0.1, -0.05) is 51.0 Å². The Balaban J connectivity index is 1.92. The fraction of sp³-hybridized carbons (Fsp3) is 0.647. The van der Waals surface area contributed by atoms with Gasteiger partial charge in [0.25, 0.3) is 0 Å². The van der Waals surface area contributed by atoms with Gasteiger partial charge in [0.05, 0.1) is 6.10 Å². The van der Waals surface area contributed by atoms with Gasteiger partial charge >= 0.3 is 0 Å². The van der Waals surface area contributed by atoms with Crippen LogP contribution in [0.2, 0.25) is 0 Å². The molecule has 1 aliphatic carbocycles. The highest BCUT2D eigenvalue weighted by Crippen LogP contribution is 2.30. The molecule has 1 aromatic carbocycles. The van der Waals surface area contributed by atoms with E-state index in [2.05, 4.69) is 38.1 Å². The Morgan fingerprint density at radius 3 is 2.72 bits per heavy atom. The molecule has 0 saturated heterocycles. The predicted octanol–water partition coefficient (Wildman–Crippen LogP) is 3.98. The Kier molecular flexibility index (Phi) is 4.82. The van der Waals surface area contributed by atoms with Crippen molar-refractivity contribution in [3.63, 3.8) is 0 Å². The molecule has 0 aliphatic heterocycles. The molecule has 1 heteroatoms. The molecule has 0 radical (unpaired) electrons. The molecule has 1 N–H and O–H groups in total. The van der Waals surface area contributed by atoms with E-state index in [4.69, 9.17) is 0 Å². The van der Waals surface area contributed by atoms with Gasteiger partial charge in [-0.15, -0.1) is 0 Å². The minimum Gasteiger partial charge on any atom is -0.393 e. The first-order chi connectivity index (χ1) is 8.70. The summed E-state index contributed by atoms with van der Waals surface area (Å²) in [5, 5.41) is 10.4. The third-order valence-electron chi connectivity index (χ3n) is 4.35.